The Morgan fingerprint density at radius 2 is 1.77 bits per heavy atom. The number of hydrogen-bond donors (Lipinski definition) is 1. The second-order valence-electron chi connectivity index (χ2n) is 6.07. The molecule has 0 radical (unpaired) electrons. The maximum Gasteiger partial charge on any atom is 0.243 e. The molecule has 1 atom stereocenters. The van der Waals surface area contributed by atoms with Crippen molar-refractivity contribution in [2.24, 2.45) is 5.73 Å². The van der Waals surface area contributed by atoms with Gasteiger partial charge in [0, 0.05) is 12.6 Å². The number of benzene rings is 1. The molecule has 0 aliphatic carbocycles. The lowest BCUT2D eigenvalue weighted by Gasteiger charge is -2.35. The van der Waals surface area contributed by atoms with E-state index < -0.39 is 10.0 Å². The Balaban J connectivity index is 0.00000242. The summed E-state index contributed by atoms with van der Waals surface area (Å²) in [4.78, 5) is 0.483. The Morgan fingerprint density at radius 1 is 1.18 bits per heavy atom. The fourth-order valence-corrected chi connectivity index (χ4v) is 5.60. The predicted molar refractivity (Wildman–Crippen MR) is 93.1 cm³/mol. The first-order chi connectivity index (χ1) is 9.87. The van der Waals surface area contributed by atoms with Crippen molar-refractivity contribution in [3.63, 3.8) is 0 Å². The van der Waals surface area contributed by atoms with Crippen LogP contribution in [-0.4, -0.2) is 31.9 Å². The molecular formula is C16H27ClN2O2S. The molecule has 22 heavy (non-hydrogen) atoms. The second-order valence-corrected chi connectivity index (χ2v) is 7.90. The van der Waals surface area contributed by atoms with E-state index in [4.69, 9.17) is 5.73 Å². The molecule has 1 heterocycles. The molecule has 1 aromatic rings. The van der Waals surface area contributed by atoms with Crippen LogP contribution < -0.4 is 5.73 Å². The first-order valence-electron chi connectivity index (χ1n) is 7.67. The molecule has 1 aliphatic heterocycles. The van der Waals surface area contributed by atoms with Crippen LogP contribution in [0.5, 0.6) is 0 Å². The zero-order valence-electron chi connectivity index (χ0n) is 13.6. The Kier molecular flexibility index (Phi) is 6.86. The lowest BCUT2D eigenvalue weighted by atomic mass is 10.0. The summed E-state index contributed by atoms with van der Waals surface area (Å²) in [7, 11) is -3.43. The molecule has 0 saturated carbocycles. The van der Waals surface area contributed by atoms with E-state index in [1.807, 2.05) is 32.9 Å². The summed E-state index contributed by atoms with van der Waals surface area (Å²) in [6.45, 7) is 6.90. The van der Waals surface area contributed by atoms with Crippen molar-refractivity contribution in [3.8, 4) is 0 Å². The van der Waals surface area contributed by atoms with Crippen molar-refractivity contribution in [2.45, 2.75) is 57.4 Å². The van der Waals surface area contributed by atoms with Gasteiger partial charge in [-0.05, 0) is 57.7 Å². The van der Waals surface area contributed by atoms with E-state index in [1.54, 1.807) is 4.31 Å². The van der Waals surface area contributed by atoms with Gasteiger partial charge in [0.25, 0.3) is 0 Å². The van der Waals surface area contributed by atoms with Gasteiger partial charge in [0.1, 0.15) is 0 Å². The summed E-state index contributed by atoms with van der Waals surface area (Å²) >= 11 is 0. The Morgan fingerprint density at radius 3 is 2.32 bits per heavy atom. The van der Waals surface area contributed by atoms with Gasteiger partial charge < -0.3 is 5.73 Å². The van der Waals surface area contributed by atoms with Crippen LogP contribution in [-0.2, 0) is 10.0 Å². The molecule has 6 heteroatoms. The molecule has 1 aromatic carbocycles. The fraction of sp³-hybridized carbons (Fsp3) is 0.625. The van der Waals surface area contributed by atoms with Crippen molar-refractivity contribution < 1.29 is 8.42 Å². The molecule has 1 aliphatic rings. The zero-order chi connectivity index (χ0) is 15.6. The van der Waals surface area contributed by atoms with Gasteiger partial charge in [-0.2, -0.15) is 4.31 Å². The minimum Gasteiger partial charge on any atom is -0.330 e. The van der Waals surface area contributed by atoms with Crippen LogP contribution >= 0.6 is 12.4 Å². The maximum atomic E-state index is 13.1. The van der Waals surface area contributed by atoms with Gasteiger partial charge in [0.2, 0.25) is 10.0 Å². The topological polar surface area (TPSA) is 63.4 Å². The SMILES string of the molecule is Cc1cc(C)c(S(=O)(=O)N2CCCCC2CCN)c(C)c1.Cl. The minimum atomic E-state index is -3.43. The highest BCUT2D eigenvalue weighted by Gasteiger charge is 2.34. The van der Waals surface area contributed by atoms with Gasteiger partial charge in [-0.15, -0.1) is 12.4 Å². The van der Waals surface area contributed by atoms with Gasteiger partial charge in [0.15, 0.2) is 0 Å². The van der Waals surface area contributed by atoms with Gasteiger partial charge in [-0.25, -0.2) is 8.42 Å². The van der Waals surface area contributed by atoms with Crippen molar-refractivity contribution >= 4 is 22.4 Å². The number of halogens is 1. The van der Waals surface area contributed by atoms with Gasteiger partial charge in [-0.3, -0.25) is 0 Å². The average molecular weight is 347 g/mol. The van der Waals surface area contributed by atoms with Crippen LogP contribution in [0.2, 0.25) is 0 Å². The molecule has 2 N–H and O–H groups in total. The van der Waals surface area contributed by atoms with E-state index >= 15 is 0 Å². The Labute approximate surface area is 140 Å². The number of sulfonamides is 1. The molecule has 0 amide bonds. The van der Waals surface area contributed by atoms with E-state index in [0.29, 0.717) is 18.0 Å². The maximum absolute atomic E-state index is 13.1. The molecule has 2 rings (SSSR count). The smallest absolute Gasteiger partial charge is 0.243 e. The predicted octanol–water partition coefficient (Wildman–Crippen LogP) is 2.93. The first kappa shape index (κ1) is 19.4. The first-order valence-corrected chi connectivity index (χ1v) is 9.11. The van der Waals surface area contributed by atoms with Crippen LogP contribution in [0.3, 0.4) is 0 Å². The molecule has 0 aromatic heterocycles. The van der Waals surface area contributed by atoms with E-state index in [9.17, 15) is 8.42 Å². The summed E-state index contributed by atoms with van der Waals surface area (Å²) in [6, 6.07) is 3.94. The third-order valence-electron chi connectivity index (χ3n) is 4.24. The van der Waals surface area contributed by atoms with Crippen molar-refractivity contribution in [1.82, 2.24) is 4.31 Å². The summed E-state index contributed by atoms with van der Waals surface area (Å²) in [5.74, 6) is 0. The standard InChI is InChI=1S/C16H26N2O2S.ClH/c1-12-10-13(2)16(14(3)11-12)21(19,20)18-9-5-4-6-15(18)7-8-17;/h10-11,15H,4-9,17H2,1-3H3;1H. The summed E-state index contributed by atoms with van der Waals surface area (Å²) in [5, 5.41) is 0. The molecule has 0 bridgehead atoms. The summed E-state index contributed by atoms with van der Waals surface area (Å²) in [5.41, 5.74) is 8.44. The van der Waals surface area contributed by atoms with Crippen molar-refractivity contribution in [2.75, 3.05) is 13.1 Å². The third-order valence-corrected chi connectivity index (χ3v) is 6.50. The zero-order valence-corrected chi connectivity index (χ0v) is 15.3. The lowest BCUT2D eigenvalue weighted by molar-refractivity contribution is 0.243. The molecule has 4 nitrogen and oxygen atoms in total. The number of nitrogens with two attached hydrogens (primary N) is 1. The third kappa shape index (κ3) is 3.82. The number of hydrogen-bond acceptors (Lipinski definition) is 3. The second kappa shape index (κ2) is 7.77. The highest BCUT2D eigenvalue weighted by atomic mass is 35.5. The van der Waals surface area contributed by atoms with Gasteiger partial charge in [0.05, 0.1) is 4.90 Å². The van der Waals surface area contributed by atoms with Crippen LogP contribution in [0.25, 0.3) is 0 Å². The Hall–Kier alpha value is -0.620. The van der Waals surface area contributed by atoms with Crippen LogP contribution in [0, 0.1) is 20.8 Å². The fourth-order valence-electron chi connectivity index (χ4n) is 3.46. The monoisotopic (exact) mass is 346 g/mol. The van der Waals surface area contributed by atoms with E-state index in [1.165, 1.54) is 0 Å². The normalized spacial score (nSPS) is 19.7. The molecule has 1 fully saturated rings. The van der Waals surface area contributed by atoms with Gasteiger partial charge in [-0.1, -0.05) is 24.1 Å². The summed E-state index contributed by atoms with van der Waals surface area (Å²) in [6.07, 6.45) is 3.68. The van der Waals surface area contributed by atoms with Crippen LogP contribution in [0.15, 0.2) is 17.0 Å². The van der Waals surface area contributed by atoms with E-state index in [2.05, 4.69) is 0 Å². The molecule has 1 saturated heterocycles. The van der Waals surface area contributed by atoms with Gasteiger partial charge >= 0.3 is 0 Å². The minimum absolute atomic E-state index is 0. The number of aryl methyl sites for hydroxylation is 3. The van der Waals surface area contributed by atoms with E-state index in [-0.39, 0.29) is 18.4 Å². The van der Waals surface area contributed by atoms with Crippen LogP contribution in [0.1, 0.15) is 42.4 Å². The summed E-state index contributed by atoms with van der Waals surface area (Å²) < 4.78 is 27.9. The van der Waals surface area contributed by atoms with Crippen LogP contribution in [0.4, 0.5) is 0 Å². The number of rotatable bonds is 4. The van der Waals surface area contributed by atoms with Crippen molar-refractivity contribution in [1.29, 1.82) is 0 Å². The Bertz CT molecular complexity index is 592. The highest BCUT2D eigenvalue weighted by Crippen LogP contribution is 2.30. The number of piperidine rings is 1. The average Bonchev–Trinajstić information content (AvgIpc) is 2.37. The molecule has 126 valence electrons. The number of nitrogens with zero attached hydrogens (tertiary/aromatic N) is 1. The highest BCUT2D eigenvalue weighted by molar-refractivity contribution is 7.89. The lowest BCUT2D eigenvalue weighted by Crippen LogP contribution is -2.44. The molecular weight excluding hydrogens is 320 g/mol. The quantitative estimate of drug-likeness (QED) is 0.911. The largest absolute Gasteiger partial charge is 0.330 e. The van der Waals surface area contributed by atoms with E-state index in [0.717, 1.165) is 42.4 Å². The molecule has 1 unspecified atom stereocenters. The van der Waals surface area contributed by atoms with Crippen molar-refractivity contribution in [3.05, 3.63) is 28.8 Å². The molecule has 0 spiro atoms.